The second-order valence-corrected chi connectivity index (χ2v) is 9.71. The van der Waals surface area contributed by atoms with Crippen LogP contribution >= 0.6 is 0 Å². The van der Waals surface area contributed by atoms with Crippen molar-refractivity contribution in [3.8, 4) is 5.95 Å². The Kier molecular flexibility index (Phi) is 5.64. The molecule has 2 unspecified atom stereocenters. The van der Waals surface area contributed by atoms with Crippen molar-refractivity contribution in [2.75, 3.05) is 23.7 Å². The SMILES string of the molecule is Cc1cc(C)n(-c2nc(Nc3ccc(F)c(F)c3)cc(NC3C4CN(Cc5ccccc5)CC43)n2)n1. The van der Waals surface area contributed by atoms with Gasteiger partial charge >= 0.3 is 0 Å². The molecule has 7 nitrogen and oxygen atoms in total. The fourth-order valence-corrected chi connectivity index (χ4v) is 5.19. The van der Waals surface area contributed by atoms with Gasteiger partial charge < -0.3 is 10.6 Å². The molecule has 1 aliphatic heterocycles. The summed E-state index contributed by atoms with van der Waals surface area (Å²) in [4.78, 5) is 11.8. The number of hydrogen-bond acceptors (Lipinski definition) is 6. The Morgan fingerprint density at radius 3 is 2.33 bits per heavy atom. The highest BCUT2D eigenvalue weighted by atomic mass is 19.2. The topological polar surface area (TPSA) is 70.9 Å². The number of rotatable bonds is 7. The molecule has 0 amide bonds. The van der Waals surface area contributed by atoms with E-state index in [1.165, 1.54) is 11.6 Å². The molecule has 1 saturated carbocycles. The molecule has 36 heavy (non-hydrogen) atoms. The van der Waals surface area contributed by atoms with Crippen molar-refractivity contribution in [3.05, 3.63) is 89.2 Å². The molecule has 2 aliphatic rings. The molecule has 3 heterocycles. The van der Waals surface area contributed by atoms with Crippen LogP contribution < -0.4 is 10.6 Å². The van der Waals surface area contributed by atoms with Crippen molar-refractivity contribution in [1.82, 2.24) is 24.6 Å². The van der Waals surface area contributed by atoms with Crippen LogP contribution in [-0.2, 0) is 6.54 Å². The quantitative estimate of drug-likeness (QED) is 0.389. The van der Waals surface area contributed by atoms with Crippen molar-refractivity contribution in [1.29, 1.82) is 0 Å². The second kappa shape index (κ2) is 8.98. The molecule has 2 aromatic carbocycles. The first-order chi connectivity index (χ1) is 17.4. The van der Waals surface area contributed by atoms with E-state index in [0.29, 0.717) is 41.1 Å². The molecule has 9 heteroatoms. The van der Waals surface area contributed by atoms with Crippen LogP contribution in [0.25, 0.3) is 5.95 Å². The first-order valence-electron chi connectivity index (χ1n) is 12.1. The molecule has 0 radical (unpaired) electrons. The maximum atomic E-state index is 13.8. The van der Waals surface area contributed by atoms with Gasteiger partial charge in [-0.25, -0.2) is 13.5 Å². The smallest absolute Gasteiger partial charge is 0.254 e. The highest BCUT2D eigenvalue weighted by Gasteiger charge is 2.55. The summed E-state index contributed by atoms with van der Waals surface area (Å²) >= 11 is 0. The van der Waals surface area contributed by atoms with Crippen LogP contribution in [0.4, 0.5) is 26.1 Å². The van der Waals surface area contributed by atoms with Gasteiger partial charge in [-0.2, -0.15) is 15.1 Å². The summed E-state index contributed by atoms with van der Waals surface area (Å²) in [6, 6.07) is 18.3. The summed E-state index contributed by atoms with van der Waals surface area (Å²) in [5.41, 5.74) is 3.50. The third-order valence-electron chi connectivity index (χ3n) is 6.94. The zero-order valence-electron chi connectivity index (χ0n) is 20.1. The molecule has 4 aromatic rings. The number of aromatic nitrogens is 4. The van der Waals surface area contributed by atoms with Gasteiger partial charge in [0.15, 0.2) is 11.6 Å². The van der Waals surface area contributed by atoms with E-state index in [1.807, 2.05) is 26.0 Å². The van der Waals surface area contributed by atoms with Crippen molar-refractivity contribution in [3.63, 3.8) is 0 Å². The predicted octanol–water partition coefficient (Wildman–Crippen LogP) is 4.84. The van der Waals surface area contributed by atoms with Crippen molar-refractivity contribution in [2.24, 2.45) is 11.8 Å². The average molecular weight is 488 g/mol. The van der Waals surface area contributed by atoms with Crippen LogP contribution in [0.5, 0.6) is 0 Å². The second-order valence-electron chi connectivity index (χ2n) is 9.71. The fourth-order valence-electron chi connectivity index (χ4n) is 5.19. The van der Waals surface area contributed by atoms with Crippen LogP contribution in [0.2, 0.25) is 0 Å². The Morgan fingerprint density at radius 2 is 1.64 bits per heavy atom. The number of nitrogens with zero attached hydrogens (tertiary/aromatic N) is 5. The van der Waals surface area contributed by atoms with Crippen LogP contribution in [0.1, 0.15) is 17.0 Å². The normalized spacial score (nSPS) is 20.8. The van der Waals surface area contributed by atoms with Gasteiger partial charge in [-0.3, -0.25) is 4.90 Å². The standard InChI is InChI=1S/C27H27F2N7/c1-16-10-17(2)36(34-16)27-32-24(30-19-8-9-22(28)23(29)11-19)12-25(33-27)31-26-20-14-35(15-21(20)26)13-18-6-4-3-5-7-18/h3-12,20-21,26H,13-15H2,1-2H3,(H2,30,31,32,33). The number of benzene rings is 2. The number of aryl methyl sites for hydroxylation is 2. The Hall–Kier alpha value is -3.85. The molecule has 0 spiro atoms. The van der Waals surface area contributed by atoms with Gasteiger partial charge in [0.05, 0.1) is 5.69 Å². The van der Waals surface area contributed by atoms with Gasteiger partial charge in [0.25, 0.3) is 5.95 Å². The molecule has 6 rings (SSSR count). The van der Waals surface area contributed by atoms with Gasteiger partial charge in [-0.1, -0.05) is 30.3 Å². The van der Waals surface area contributed by atoms with E-state index in [-0.39, 0.29) is 0 Å². The minimum absolute atomic E-state index is 0.344. The van der Waals surface area contributed by atoms with E-state index in [4.69, 9.17) is 4.98 Å². The van der Waals surface area contributed by atoms with E-state index < -0.39 is 11.6 Å². The maximum Gasteiger partial charge on any atom is 0.254 e. The summed E-state index contributed by atoms with van der Waals surface area (Å²) in [6.45, 7) is 6.93. The largest absolute Gasteiger partial charge is 0.366 e. The van der Waals surface area contributed by atoms with Crippen LogP contribution in [-0.4, -0.2) is 43.8 Å². The van der Waals surface area contributed by atoms with Crippen molar-refractivity contribution >= 4 is 17.3 Å². The predicted molar refractivity (Wildman–Crippen MR) is 134 cm³/mol. The van der Waals surface area contributed by atoms with E-state index >= 15 is 0 Å². The monoisotopic (exact) mass is 487 g/mol. The zero-order valence-corrected chi connectivity index (χ0v) is 20.1. The lowest BCUT2D eigenvalue weighted by Gasteiger charge is -2.20. The Morgan fingerprint density at radius 1 is 0.889 bits per heavy atom. The van der Waals surface area contributed by atoms with Crippen LogP contribution in [0.15, 0.2) is 60.7 Å². The summed E-state index contributed by atoms with van der Waals surface area (Å²) < 4.78 is 28.8. The summed E-state index contributed by atoms with van der Waals surface area (Å²) in [7, 11) is 0. The lowest BCUT2D eigenvalue weighted by atomic mass is 10.2. The molecule has 184 valence electrons. The Balaban J connectivity index is 1.21. The minimum Gasteiger partial charge on any atom is -0.366 e. The molecular formula is C27H27F2N7. The molecule has 2 fully saturated rings. The lowest BCUT2D eigenvalue weighted by Crippen LogP contribution is -2.27. The fraction of sp³-hybridized carbons (Fsp3) is 0.296. The average Bonchev–Trinajstić information content (AvgIpc) is 3.15. The van der Waals surface area contributed by atoms with E-state index in [9.17, 15) is 8.78 Å². The van der Waals surface area contributed by atoms with E-state index in [1.54, 1.807) is 10.7 Å². The zero-order chi connectivity index (χ0) is 24.8. The number of nitrogens with one attached hydrogen (secondary N) is 2. The van der Waals surface area contributed by atoms with Gasteiger partial charge in [-0.15, -0.1) is 0 Å². The molecule has 2 aromatic heterocycles. The highest BCUT2D eigenvalue weighted by molar-refractivity contribution is 5.60. The Labute approximate surface area is 208 Å². The van der Waals surface area contributed by atoms with Gasteiger partial charge in [0.2, 0.25) is 0 Å². The van der Waals surface area contributed by atoms with Gasteiger partial charge in [0, 0.05) is 49.2 Å². The molecule has 0 bridgehead atoms. The molecule has 2 N–H and O–H groups in total. The number of hydrogen-bond donors (Lipinski definition) is 2. The van der Waals surface area contributed by atoms with Gasteiger partial charge in [0.1, 0.15) is 11.6 Å². The number of likely N-dealkylation sites (tertiary alicyclic amines) is 1. The summed E-state index contributed by atoms with van der Waals surface area (Å²) in [6.07, 6.45) is 0. The maximum absolute atomic E-state index is 13.8. The molecule has 2 atom stereocenters. The number of anilines is 3. The minimum atomic E-state index is -0.919. The molecular weight excluding hydrogens is 460 g/mol. The highest BCUT2D eigenvalue weighted by Crippen LogP contribution is 2.47. The third kappa shape index (κ3) is 4.54. The number of piperidine rings is 1. The Bertz CT molecular complexity index is 1390. The summed E-state index contributed by atoms with van der Waals surface area (Å²) in [5, 5.41) is 11.2. The van der Waals surface area contributed by atoms with E-state index in [2.05, 4.69) is 49.9 Å². The number of fused-ring (bicyclic) bond motifs is 1. The van der Waals surface area contributed by atoms with E-state index in [0.717, 1.165) is 43.2 Å². The van der Waals surface area contributed by atoms with Crippen LogP contribution in [0, 0.1) is 37.3 Å². The molecule has 1 aliphatic carbocycles. The van der Waals surface area contributed by atoms with Gasteiger partial charge in [-0.05, 0) is 49.4 Å². The first kappa shape index (κ1) is 22.6. The summed E-state index contributed by atoms with van der Waals surface area (Å²) in [5.74, 6) is 0.885. The third-order valence-corrected chi connectivity index (χ3v) is 6.94. The van der Waals surface area contributed by atoms with Crippen molar-refractivity contribution < 1.29 is 8.78 Å². The molecule has 1 saturated heterocycles. The van der Waals surface area contributed by atoms with Crippen LogP contribution in [0.3, 0.4) is 0 Å². The first-order valence-corrected chi connectivity index (χ1v) is 12.1. The lowest BCUT2D eigenvalue weighted by molar-refractivity contribution is 0.292. The number of halogens is 2. The van der Waals surface area contributed by atoms with Crippen molar-refractivity contribution in [2.45, 2.75) is 26.4 Å².